The van der Waals surface area contributed by atoms with Crippen LogP contribution in [0.4, 0.5) is 10.6 Å². The Morgan fingerprint density at radius 1 is 1.58 bits per heavy atom. The summed E-state index contributed by atoms with van der Waals surface area (Å²) in [5.74, 6) is 1.06. The predicted molar refractivity (Wildman–Crippen MR) is 67.7 cm³/mol. The molecule has 19 heavy (non-hydrogen) atoms. The zero-order valence-corrected chi connectivity index (χ0v) is 10.9. The lowest BCUT2D eigenvalue weighted by Crippen LogP contribution is -2.49. The maximum absolute atomic E-state index is 12.0. The molecule has 2 heterocycles. The van der Waals surface area contributed by atoms with Crippen molar-refractivity contribution in [2.75, 3.05) is 18.5 Å². The summed E-state index contributed by atoms with van der Waals surface area (Å²) in [6.07, 6.45) is 2.57. The van der Waals surface area contributed by atoms with E-state index in [-0.39, 0.29) is 17.2 Å². The van der Waals surface area contributed by atoms with Crippen LogP contribution in [0.15, 0.2) is 10.6 Å². The van der Waals surface area contributed by atoms with Gasteiger partial charge in [0.25, 0.3) is 0 Å². The van der Waals surface area contributed by atoms with Crippen LogP contribution >= 0.6 is 0 Å². The normalized spacial score (nSPS) is 32.5. The Morgan fingerprint density at radius 2 is 2.42 bits per heavy atom. The molecule has 0 spiro atoms. The molecule has 2 aliphatic rings. The van der Waals surface area contributed by atoms with Gasteiger partial charge in [0, 0.05) is 19.0 Å². The van der Waals surface area contributed by atoms with Crippen molar-refractivity contribution < 1.29 is 14.1 Å². The van der Waals surface area contributed by atoms with Gasteiger partial charge >= 0.3 is 6.03 Å². The first-order chi connectivity index (χ1) is 9.05. The summed E-state index contributed by atoms with van der Waals surface area (Å²) in [6.45, 7) is 2.79. The predicted octanol–water partition coefficient (Wildman–Crippen LogP) is 0.755. The number of urea groups is 1. The van der Waals surface area contributed by atoms with Gasteiger partial charge in [-0.15, -0.1) is 0 Å². The maximum Gasteiger partial charge on any atom is 0.321 e. The Balaban J connectivity index is 1.61. The van der Waals surface area contributed by atoms with Crippen LogP contribution in [-0.4, -0.2) is 35.5 Å². The van der Waals surface area contributed by atoms with Crippen LogP contribution in [0.3, 0.4) is 0 Å². The number of nitrogens with two attached hydrogens (primary N) is 1. The highest BCUT2D eigenvalue weighted by molar-refractivity contribution is 5.88. The number of aromatic nitrogens is 1. The van der Waals surface area contributed by atoms with Crippen molar-refractivity contribution in [3.05, 3.63) is 11.8 Å². The number of amides is 2. The Kier molecular flexibility index (Phi) is 2.75. The molecule has 2 fully saturated rings. The number of carbonyl (C=O) groups is 1. The standard InChI is InChI=1S/C12H18N4O3/c1-8-4-9(16-19-8)14-10(17)15-11-2-3-12(5-11,6-13)18-7-11/h4H,2-3,5-7,13H2,1H3,(H2,14,15,16,17). The number of aryl methyl sites for hydroxylation is 1. The van der Waals surface area contributed by atoms with Crippen LogP contribution in [0.5, 0.6) is 0 Å². The molecule has 7 nitrogen and oxygen atoms in total. The Hall–Kier alpha value is -1.60. The number of fused-ring (bicyclic) bond motifs is 2. The van der Waals surface area contributed by atoms with Gasteiger partial charge in [0.05, 0.1) is 17.7 Å². The summed E-state index contributed by atoms with van der Waals surface area (Å²) < 4.78 is 10.6. The first-order valence-corrected chi connectivity index (χ1v) is 6.41. The SMILES string of the molecule is Cc1cc(NC(=O)NC23CCC(CN)(C2)OC3)no1. The third kappa shape index (κ3) is 2.19. The van der Waals surface area contributed by atoms with Gasteiger partial charge < -0.3 is 20.3 Å². The lowest BCUT2D eigenvalue weighted by molar-refractivity contribution is -0.0144. The third-order valence-electron chi connectivity index (χ3n) is 3.99. The van der Waals surface area contributed by atoms with Gasteiger partial charge in [0.15, 0.2) is 5.82 Å². The fourth-order valence-corrected chi connectivity index (χ4v) is 2.99. The van der Waals surface area contributed by atoms with E-state index in [2.05, 4.69) is 15.8 Å². The van der Waals surface area contributed by atoms with Crippen molar-refractivity contribution in [2.45, 2.75) is 37.3 Å². The molecule has 2 bridgehead atoms. The van der Waals surface area contributed by atoms with E-state index in [9.17, 15) is 4.79 Å². The van der Waals surface area contributed by atoms with Gasteiger partial charge in [0.1, 0.15) is 5.76 Å². The molecule has 2 amide bonds. The second kappa shape index (κ2) is 4.21. The van der Waals surface area contributed by atoms with E-state index in [1.807, 2.05) is 0 Å². The molecule has 0 aromatic carbocycles. The van der Waals surface area contributed by atoms with E-state index in [0.717, 1.165) is 19.3 Å². The van der Waals surface area contributed by atoms with E-state index in [4.69, 9.17) is 15.0 Å². The van der Waals surface area contributed by atoms with Gasteiger partial charge in [0.2, 0.25) is 0 Å². The van der Waals surface area contributed by atoms with Gasteiger partial charge in [-0.25, -0.2) is 4.79 Å². The topological polar surface area (TPSA) is 102 Å². The molecule has 3 rings (SSSR count). The zero-order valence-electron chi connectivity index (χ0n) is 10.9. The summed E-state index contributed by atoms with van der Waals surface area (Å²) >= 11 is 0. The van der Waals surface area contributed by atoms with Crippen molar-refractivity contribution in [1.82, 2.24) is 10.5 Å². The minimum Gasteiger partial charge on any atom is -0.371 e. The molecule has 1 saturated carbocycles. The Morgan fingerprint density at radius 3 is 2.95 bits per heavy atom. The van der Waals surface area contributed by atoms with E-state index in [1.165, 1.54) is 0 Å². The average molecular weight is 266 g/mol. The van der Waals surface area contributed by atoms with E-state index in [1.54, 1.807) is 13.0 Å². The Labute approximate surface area is 110 Å². The van der Waals surface area contributed by atoms with Crippen molar-refractivity contribution in [2.24, 2.45) is 5.73 Å². The molecule has 2 unspecified atom stereocenters. The highest BCUT2D eigenvalue weighted by Gasteiger charge is 2.55. The van der Waals surface area contributed by atoms with Crippen molar-refractivity contribution in [3.8, 4) is 0 Å². The second-order valence-electron chi connectivity index (χ2n) is 5.53. The van der Waals surface area contributed by atoms with Crippen LogP contribution in [0.2, 0.25) is 0 Å². The monoisotopic (exact) mass is 266 g/mol. The Bertz CT molecular complexity index is 491. The number of rotatable bonds is 3. The number of nitrogens with zero attached hydrogens (tertiary/aromatic N) is 1. The zero-order chi connectivity index (χ0) is 13.5. The van der Waals surface area contributed by atoms with E-state index in [0.29, 0.717) is 24.7 Å². The summed E-state index contributed by atoms with van der Waals surface area (Å²) in [6, 6.07) is 1.38. The molecule has 2 atom stereocenters. The van der Waals surface area contributed by atoms with Crippen LogP contribution in [0.25, 0.3) is 0 Å². The number of carbonyl (C=O) groups excluding carboxylic acids is 1. The van der Waals surface area contributed by atoms with Crippen LogP contribution in [0, 0.1) is 6.92 Å². The second-order valence-corrected chi connectivity index (χ2v) is 5.53. The average Bonchev–Trinajstić information content (AvgIpc) is 3.03. The number of hydrogen-bond acceptors (Lipinski definition) is 5. The van der Waals surface area contributed by atoms with Gasteiger partial charge in [-0.05, 0) is 19.8 Å². The molecule has 1 saturated heterocycles. The molecular weight excluding hydrogens is 248 g/mol. The molecule has 0 radical (unpaired) electrons. The summed E-state index contributed by atoms with van der Waals surface area (Å²) in [4.78, 5) is 12.0. The van der Waals surface area contributed by atoms with Crippen LogP contribution in [0.1, 0.15) is 25.0 Å². The van der Waals surface area contributed by atoms with Crippen LogP contribution < -0.4 is 16.4 Å². The fraction of sp³-hybridized carbons (Fsp3) is 0.667. The number of anilines is 1. The van der Waals surface area contributed by atoms with E-state index < -0.39 is 0 Å². The quantitative estimate of drug-likeness (QED) is 0.749. The number of nitrogens with one attached hydrogen (secondary N) is 2. The van der Waals surface area contributed by atoms with Crippen molar-refractivity contribution >= 4 is 11.8 Å². The highest BCUT2D eigenvalue weighted by Crippen LogP contribution is 2.46. The maximum atomic E-state index is 12.0. The van der Waals surface area contributed by atoms with Crippen LogP contribution in [-0.2, 0) is 4.74 Å². The fourth-order valence-electron chi connectivity index (χ4n) is 2.99. The summed E-state index contributed by atoms with van der Waals surface area (Å²) in [5, 5.41) is 9.37. The lowest BCUT2D eigenvalue weighted by Gasteiger charge is -2.28. The molecule has 1 aliphatic heterocycles. The molecular formula is C12H18N4O3. The molecule has 1 aromatic rings. The molecule has 1 aliphatic carbocycles. The van der Waals surface area contributed by atoms with E-state index >= 15 is 0 Å². The third-order valence-corrected chi connectivity index (χ3v) is 3.99. The summed E-state index contributed by atoms with van der Waals surface area (Å²) in [7, 11) is 0. The summed E-state index contributed by atoms with van der Waals surface area (Å²) in [5.41, 5.74) is 5.22. The van der Waals surface area contributed by atoms with Gasteiger partial charge in [-0.2, -0.15) is 0 Å². The van der Waals surface area contributed by atoms with Gasteiger partial charge in [-0.1, -0.05) is 5.16 Å². The smallest absolute Gasteiger partial charge is 0.321 e. The lowest BCUT2D eigenvalue weighted by atomic mass is 9.99. The minimum absolute atomic E-state index is 0.238. The highest BCUT2D eigenvalue weighted by atomic mass is 16.5. The largest absolute Gasteiger partial charge is 0.371 e. The minimum atomic E-state index is -0.289. The van der Waals surface area contributed by atoms with Crippen molar-refractivity contribution in [3.63, 3.8) is 0 Å². The molecule has 1 aromatic heterocycles. The molecule has 7 heteroatoms. The number of hydrogen-bond donors (Lipinski definition) is 3. The first kappa shape index (κ1) is 12.4. The van der Waals surface area contributed by atoms with Crippen molar-refractivity contribution in [1.29, 1.82) is 0 Å². The van der Waals surface area contributed by atoms with Gasteiger partial charge in [-0.3, -0.25) is 5.32 Å². The molecule has 4 N–H and O–H groups in total. The first-order valence-electron chi connectivity index (χ1n) is 6.41. The number of ether oxygens (including phenoxy) is 1. The molecule has 104 valence electrons.